The second-order valence-corrected chi connectivity index (χ2v) is 11.0. The van der Waals surface area contributed by atoms with E-state index in [9.17, 15) is 13.2 Å². The number of rotatable bonds is 4. The highest BCUT2D eigenvalue weighted by Crippen LogP contribution is 2.53. The lowest BCUT2D eigenvalue weighted by Crippen LogP contribution is -2.55. The van der Waals surface area contributed by atoms with Gasteiger partial charge in [0, 0.05) is 11.6 Å². The molecule has 1 heterocycles. The average molecular weight is 381 g/mol. The maximum atomic E-state index is 12.6. The third-order valence-electron chi connectivity index (χ3n) is 6.04. The molecule has 4 aliphatic carbocycles. The predicted octanol–water partition coefficient (Wildman–Crippen LogP) is 2.91. The van der Waals surface area contributed by atoms with Crippen molar-refractivity contribution in [3.63, 3.8) is 0 Å². The Morgan fingerprint density at radius 1 is 1.04 bits per heavy atom. The lowest BCUT2D eigenvalue weighted by molar-refractivity contribution is -0.0123. The van der Waals surface area contributed by atoms with E-state index in [1.165, 1.54) is 44.2 Å². The molecule has 0 radical (unpaired) electrons. The molecule has 26 heavy (non-hydrogen) atoms. The molecule has 1 aromatic rings. The second kappa shape index (κ2) is 6.09. The SMILES string of the molecule is CC(C)(C)NS(=O)(=O)c1ccc(C(=O)NC2C3CC4CC(C3)CC2C4)o1. The number of carbonyl (C=O) groups excluding carboxylic acids is 1. The summed E-state index contributed by atoms with van der Waals surface area (Å²) in [5, 5.41) is 2.92. The summed E-state index contributed by atoms with van der Waals surface area (Å²) in [5.41, 5.74) is -0.617. The van der Waals surface area contributed by atoms with Crippen LogP contribution in [0.4, 0.5) is 0 Å². The van der Waals surface area contributed by atoms with E-state index in [2.05, 4.69) is 10.0 Å². The zero-order valence-corrected chi connectivity index (χ0v) is 16.4. The Labute approximate surface area is 155 Å². The van der Waals surface area contributed by atoms with Gasteiger partial charge in [-0.3, -0.25) is 4.79 Å². The molecule has 7 heteroatoms. The minimum Gasteiger partial charge on any atom is -0.438 e. The van der Waals surface area contributed by atoms with E-state index in [0.717, 1.165) is 11.8 Å². The van der Waals surface area contributed by atoms with Gasteiger partial charge in [0.25, 0.3) is 15.9 Å². The molecule has 1 aromatic heterocycles. The molecular formula is C19H28N2O4S. The topological polar surface area (TPSA) is 88.4 Å². The maximum Gasteiger partial charge on any atom is 0.287 e. The number of amides is 1. The molecule has 0 saturated heterocycles. The molecule has 0 atom stereocenters. The largest absolute Gasteiger partial charge is 0.438 e. The minimum atomic E-state index is -3.78. The summed E-state index contributed by atoms with van der Waals surface area (Å²) < 4.78 is 32.6. The molecule has 0 aromatic carbocycles. The van der Waals surface area contributed by atoms with Crippen molar-refractivity contribution < 1.29 is 17.6 Å². The highest BCUT2D eigenvalue weighted by atomic mass is 32.2. The summed E-state index contributed by atoms with van der Waals surface area (Å²) in [6, 6.07) is 3.00. The maximum absolute atomic E-state index is 12.6. The fraction of sp³-hybridized carbons (Fsp3) is 0.737. The third-order valence-corrected chi connectivity index (χ3v) is 7.67. The summed E-state index contributed by atoms with van der Waals surface area (Å²) in [4.78, 5) is 12.6. The first kappa shape index (κ1) is 18.0. The third kappa shape index (κ3) is 3.43. The zero-order valence-electron chi connectivity index (χ0n) is 15.6. The molecule has 144 valence electrons. The van der Waals surface area contributed by atoms with Crippen molar-refractivity contribution in [3.05, 3.63) is 17.9 Å². The Hall–Kier alpha value is -1.34. The van der Waals surface area contributed by atoms with Crippen LogP contribution in [0.1, 0.15) is 63.4 Å². The highest BCUT2D eigenvalue weighted by molar-refractivity contribution is 7.89. The Morgan fingerprint density at radius 3 is 2.15 bits per heavy atom. The fourth-order valence-electron chi connectivity index (χ4n) is 5.42. The van der Waals surface area contributed by atoms with Crippen LogP contribution in [-0.4, -0.2) is 25.9 Å². The zero-order chi connectivity index (χ0) is 18.7. The first-order valence-electron chi connectivity index (χ1n) is 9.55. The van der Waals surface area contributed by atoms with Crippen LogP contribution >= 0.6 is 0 Å². The number of sulfonamides is 1. The van der Waals surface area contributed by atoms with Gasteiger partial charge in [-0.2, -0.15) is 0 Å². The number of nitrogens with one attached hydrogen (secondary N) is 2. The second-order valence-electron chi connectivity index (χ2n) is 9.40. The predicted molar refractivity (Wildman–Crippen MR) is 97.1 cm³/mol. The van der Waals surface area contributed by atoms with Gasteiger partial charge in [-0.05, 0) is 88.7 Å². The Bertz CT molecular complexity index is 778. The molecule has 6 nitrogen and oxygen atoms in total. The van der Waals surface area contributed by atoms with Crippen LogP contribution in [-0.2, 0) is 10.0 Å². The van der Waals surface area contributed by atoms with Crippen LogP contribution < -0.4 is 10.0 Å². The highest BCUT2D eigenvalue weighted by Gasteiger charge is 2.48. The summed E-state index contributed by atoms with van der Waals surface area (Å²) in [6.45, 7) is 5.27. The Morgan fingerprint density at radius 2 is 1.62 bits per heavy atom. The van der Waals surface area contributed by atoms with Crippen molar-refractivity contribution in [1.29, 1.82) is 0 Å². The molecule has 2 N–H and O–H groups in total. The summed E-state index contributed by atoms with van der Waals surface area (Å²) in [5.74, 6) is 2.57. The van der Waals surface area contributed by atoms with Gasteiger partial charge in [-0.15, -0.1) is 0 Å². The summed E-state index contributed by atoms with van der Waals surface area (Å²) >= 11 is 0. The van der Waals surface area contributed by atoms with Crippen LogP contribution in [0.3, 0.4) is 0 Å². The van der Waals surface area contributed by atoms with Gasteiger partial charge in [0.05, 0.1) is 0 Å². The van der Waals surface area contributed by atoms with Crippen LogP contribution in [0.15, 0.2) is 21.6 Å². The number of furan rings is 1. The lowest BCUT2D eigenvalue weighted by atomic mass is 9.54. The van der Waals surface area contributed by atoms with Crippen LogP contribution in [0, 0.1) is 23.7 Å². The van der Waals surface area contributed by atoms with E-state index >= 15 is 0 Å². The van der Waals surface area contributed by atoms with Crippen molar-refractivity contribution >= 4 is 15.9 Å². The fourth-order valence-corrected chi connectivity index (χ4v) is 6.78. The molecule has 4 fully saturated rings. The Kier molecular flexibility index (Phi) is 4.23. The van der Waals surface area contributed by atoms with E-state index in [1.54, 1.807) is 20.8 Å². The average Bonchev–Trinajstić information content (AvgIpc) is 2.98. The number of hydrogen-bond donors (Lipinski definition) is 2. The van der Waals surface area contributed by atoms with Gasteiger partial charge in [-0.25, -0.2) is 13.1 Å². The van der Waals surface area contributed by atoms with Crippen molar-refractivity contribution in [2.45, 2.75) is 69.5 Å². The number of hydrogen-bond acceptors (Lipinski definition) is 4. The molecular weight excluding hydrogens is 352 g/mol. The van der Waals surface area contributed by atoms with Gasteiger partial charge < -0.3 is 9.73 Å². The normalized spacial score (nSPS) is 33.4. The van der Waals surface area contributed by atoms with Gasteiger partial charge >= 0.3 is 0 Å². The molecule has 0 aliphatic heterocycles. The van der Waals surface area contributed by atoms with E-state index < -0.39 is 15.6 Å². The van der Waals surface area contributed by atoms with Gasteiger partial charge in [0.2, 0.25) is 5.09 Å². The van der Waals surface area contributed by atoms with E-state index in [1.807, 2.05) is 0 Å². The van der Waals surface area contributed by atoms with Crippen molar-refractivity contribution in [2.24, 2.45) is 23.7 Å². The molecule has 0 spiro atoms. The summed E-state index contributed by atoms with van der Waals surface area (Å²) in [6.07, 6.45) is 6.22. The van der Waals surface area contributed by atoms with Crippen LogP contribution in [0.5, 0.6) is 0 Å². The molecule has 5 rings (SSSR count). The van der Waals surface area contributed by atoms with Gasteiger partial charge in [0.15, 0.2) is 5.76 Å². The molecule has 4 saturated carbocycles. The number of carbonyl (C=O) groups is 1. The monoisotopic (exact) mass is 380 g/mol. The Balaban J connectivity index is 1.46. The van der Waals surface area contributed by atoms with Crippen LogP contribution in [0.25, 0.3) is 0 Å². The van der Waals surface area contributed by atoms with Crippen molar-refractivity contribution in [2.75, 3.05) is 0 Å². The smallest absolute Gasteiger partial charge is 0.287 e. The van der Waals surface area contributed by atoms with E-state index in [4.69, 9.17) is 4.42 Å². The van der Waals surface area contributed by atoms with E-state index in [0.29, 0.717) is 11.8 Å². The minimum absolute atomic E-state index is 0.0630. The van der Waals surface area contributed by atoms with Gasteiger partial charge in [-0.1, -0.05) is 0 Å². The van der Waals surface area contributed by atoms with Crippen LogP contribution in [0.2, 0.25) is 0 Å². The van der Waals surface area contributed by atoms with Gasteiger partial charge in [0.1, 0.15) is 0 Å². The molecule has 4 bridgehead atoms. The first-order valence-corrected chi connectivity index (χ1v) is 11.0. The van der Waals surface area contributed by atoms with E-state index in [-0.39, 0.29) is 22.8 Å². The standard InChI is InChI=1S/C19H28N2O4S/c1-19(2,3)21-26(23,24)16-5-4-15(25-16)18(22)20-17-13-7-11-6-12(9-13)10-14(17)8-11/h4-5,11-14,17,21H,6-10H2,1-3H3,(H,20,22). The molecule has 0 unspecified atom stereocenters. The lowest BCUT2D eigenvalue weighted by Gasteiger charge is -2.54. The van der Waals surface area contributed by atoms with Crippen molar-refractivity contribution in [3.8, 4) is 0 Å². The first-order chi connectivity index (χ1) is 12.1. The molecule has 1 amide bonds. The van der Waals surface area contributed by atoms with Crippen molar-refractivity contribution in [1.82, 2.24) is 10.0 Å². The summed E-state index contributed by atoms with van der Waals surface area (Å²) in [7, 11) is -3.78. The molecule has 4 aliphatic rings. The quantitative estimate of drug-likeness (QED) is 0.841.